The molecule has 0 fully saturated rings. The van der Waals surface area contributed by atoms with Crippen LogP contribution >= 0.6 is 11.8 Å². The zero-order chi connectivity index (χ0) is 7.28. The third kappa shape index (κ3) is 3.39. The maximum Gasteiger partial charge on any atom is 0.136 e. The quantitative estimate of drug-likeness (QED) is 0.448. The summed E-state index contributed by atoms with van der Waals surface area (Å²) >= 11 is 1.17. The van der Waals surface area contributed by atoms with Crippen LogP contribution in [0.1, 0.15) is 13.8 Å². The fourth-order valence-electron chi connectivity index (χ4n) is 0.508. The summed E-state index contributed by atoms with van der Waals surface area (Å²) in [6.07, 6.45) is 0. The SMILES string of the molecule is COC(SC#N)C(C)C. The van der Waals surface area contributed by atoms with Gasteiger partial charge in [0.25, 0.3) is 0 Å². The highest BCUT2D eigenvalue weighted by Crippen LogP contribution is 2.17. The van der Waals surface area contributed by atoms with Crippen LogP contribution in [0.3, 0.4) is 0 Å². The van der Waals surface area contributed by atoms with Gasteiger partial charge < -0.3 is 4.74 Å². The predicted molar refractivity (Wildman–Crippen MR) is 38.8 cm³/mol. The summed E-state index contributed by atoms with van der Waals surface area (Å²) in [6, 6.07) is 0. The monoisotopic (exact) mass is 145 g/mol. The molecular formula is C6H11NOS. The normalized spacial score (nSPS) is 13.2. The molecule has 0 N–H and O–H groups in total. The van der Waals surface area contributed by atoms with Crippen molar-refractivity contribution < 1.29 is 4.74 Å². The highest BCUT2D eigenvalue weighted by Gasteiger charge is 2.11. The first-order chi connectivity index (χ1) is 4.22. The van der Waals surface area contributed by atoms with Crippen molar-refractivity contribution in [2.75, 3.05) is 7.11 Å². The Bertz CT molecular complexity index is 108. The number of thioether (sulfide) groups is 1. The molecule has 3 heteroatoms. The fourth-order valence-corrected chi connectivity index (χ4v) is 0.981. The van der Waals surface area contributed by atoms with Crippen LogP contribution in [0.4, 0.5) is 0 Å². The van der Waals surface area contributed by atoms with E-state index in [0.717, 1.165) is 0 Å². The van der Waals surface area contributed by atoms with Crippen molar-refractivity contribution in [2.24, 2.45) is 5.92 Å². The van der Waals surface area contributed by atoms with Crippen molar-refractivity contribution in [3.8, 4) is 5.40 Å². The molecule has 0 aliphatic carbocycles. The summed E-state index contributed by atoms with van der Waals surface area (Å²) in [6.45, 7) is 4.05. The Kier molecular flexibility index (Phi) is 4.55. The van der Waals surface area contributed by atoms with Gasteiger partial charge in [-0.15, -0.1) is 0 Å². The van der Waals surface area contributed by atoms with Crippen LogP contribution in [0.2, 0.25) is 0 Å². The van der Waals surface area contributed by atoms with E-state index in [1.54, 1.807) is 7.11 Å². The maximum absolute atomic E-state index is 8.25. The smallest absolute Gasteiger partial charge is 0.136 e. The Labute approximate surface area is 60.2 Å². The minimum absolute atomic E-state index is 0.0231. The predicted octanol–water partition coefficient (Wildman–Crippen LogP) is 1.83. The van der Waals surface area contributed by atoms with Crippen LogP contribution in [0.15, 0.2) is 0 Å². The highest BCUT2D eigenvalue weighted by molar-refractivity contribution is 8.04. The Balaban J connectivity index is 3.57. The van der Waals surface area contributed by atoms with Gasteiger partial charge in [0.2, 0.25) is 0 Å². The minimum atomic E-state index is 0.0231. The van der Waals surface area contributed by atoms with Gasteiger partial charge in [-0.1, -0.05) is 13.8 Å². The van der Waals surface area contributed by atoms with E-state index in [1.807, 2.05) is 19.2 Å². The number of hydrogen-bond acceptors (Lipinski definition) is 3. The Morgan fingerprint density at radius 2 is 2.11 bits per heavy atom. The standard InChI is InChI=1S/C6H11NOS/c1-5(2)6(8-3)9-4-7/h5-6H,1-3H3. The topological polar surface area (TPSA) is 33.0 Å². The Morgan fingerprint density at radius 3 is 2.22 bits per heavy atom. The van der Waals surface area contributed by atoms with Gasteiger partial charge in [-0.25, -0.2) is 0 Å². The first-order valence-corrected chi connectivity index (χ1v) is 3.68. The van der Waals surface area contributed by atoms with Gasteiger partial charge in [0.05, 0.1) is 0 Å². The average Bonchev–Trinajstić information content (AvgIpc) is 1.82. The maximum atomic E-state index is 8.25. The number of nitriles is 1. The molecule has 0 aliphatic heterocycles. The molecule has 0 rings (SSSR count). The number of methoxy groups -OCH3 is 1. The minimum Gasteiger partial charge on any atom is -0.370 e. The van der Waals surface area contributed by atoms with Crippen LogP contribution < -0.4 is 0 Å². The van der Waals surface area contributed by atoms with E-state index < -0.39 is 0 Å². The molecule has 0 heterocycles. The first kappa shape index (κ1) is 8.80. The van der Waals surface area contributed by atoms with E-state index >= 15 is 0 Å². The summed E-state index contributed by atoms with van der Waals surface area (Å²) in [5, 5.41) is 10.2. The van der Waals surface area contributed by atoms with Crippen LogP contribution in [0.25, 0.3) is 0 Å². The molecule has 0 aromatic heterocycles. The van der Waals surface area contributed by atoms with Crippen molar-refractivity contribution in [3.05, 3.63) is 0 Å². The molecule has 0 aromatic rings. The van der Waals surface area contributed by atoms with Crippen molar-refractivity contribution in [1.29, 1.82) is 5.26 Å². The third-order valence-electron chi connectivity index (χ3n) is 0.945. The lowest BCUT2D eigenvalue weighted by Gasteiger charge is -2.13. The highest BCUT2D eigenvalue weighted by atomic mass is 32.2. The number of nitrogens with zero attached hydrogens (tertiary/aromatic N) is 1. The second-order valence-electron chi connectivity index (χ2n) is 2.06. The zero-order valence-electron chi connectivity index (χ0n) is 5.92. The average molecular weight is 145 g/mol. The van der Waals surface area contributed by atoms with Crippen molar-refractivity contribution in [1.82, 2.24) is 0 Å². The largest absolute Gasteiger partial charge is 0.370 e. The van der Waals surface area contributed by atoms with Gasteiger partial charge >= 0.3 is 0 Å². The molecule has 0 saturated heterocycles. The molecule has 0 bridgehead atoms. The van der Waals surface area contributed by atoms with Crippen LogP contribution in [-0.4, -0.2) is 12.5 Å². The van der Waals surface area contributed by atoms with Crippen molar-refractivity contribution in [2.45, 2.75) is 19.3 Å². The molecule has 0 radical (unpaired) electrons. The molecular weight excluding hydrogens is 134 g/mol. The molecule has 0 spiro atoms. The van der Waals surface area contributed by atoms with Crippen molar-refractivity contribution in [3.63, 3.8) is 0 Å². The molecule has 0 aliphatic rings. The van der Waals surface area contributed by atoms with Crippen LogP contribution in [0, 0.1) is 16.6 Å². The lowest BCUT2D eigenvalue weighted by molar-refractivity contribution is 0.137. The Hall–Kier alpha value is -0.200. The zero-order valence-corrected chi connectivity index (χ0v) is 6.73. The lowest BCUT2D eigenvalue weighted by Crippen LogP contribution is -2.12. The van der Waals surface area contributed by atoms with E-state index in [-0.39, 0.29) is 5.44 Å². The fraction of sp³-hybridized carbons (Fsp3) is 0.833. The molecule has 9 heavy (non-hydrogen) atoms. The van der Waals surface area contributed by atoms with E-state index in [1.165, 1.54) is 11.8 Å². The molecule has 2 nitrogen and oxygen atoms in total. The number of ether oxygens (including phenoxy) is 1. The number of hydrogen-bond donors (Lipinski definition) is 0. The van der Waals surface area contributed by atoms with Gasteiger partial charge in [0.1, 0.15) is 10.8 Å². The van der Waals surface area contributed by atoms with E-state index in [4.69, 9.17) is 10.00 Å². The van der Waals surface area contributed by atoms with E-state index in [2.05, 4.69) is 0 Å². The molecule has 0 saturated carbocycles. The van der Waals surface area contributed by atoms with Gasteiger partial charge in [-0.2, -0.15) is 5.26 Å². The molecule has 0 amide bonds. The molecule has 1 atom stereocenters. The van der Waals surface area contributed by atoms with Gasteiger partial charge in [0, 0.05) is 7.11 Å². The Morgan fingerprint density at radius 1 is 1.56 bits per heavy atom. The van der Waals surface area contributed by atoms with Gasteiger partial charge in [0.15, 0.2) is 0 Å². The first-order valence-electron chi connectivity index (χ1n) is 2.80. The van der Waals surface area contributed by atoms with Gasteiger partial charge in [-0.05, 0) is 17.7 Å². The lowest BCUT2D eigenvalue weighted by atomic mass is 10.2. The van der Waals surface area contributed by atoms with Crippen LogP contribution in [-0.2, 0) is 4.74 Å². The van der Waals surface area contributed by atoms with Gasteiger partial charge in [-0.3, -0.25) is 0 Å². The second kappa shape index (κ2) is 4.66. The van der Waals surface area contributed by atoms with Crippen LogP contribution in [0.5, 0.6) is 0 Å². The summed E-state index contributed by atoms with van der Waals surface area (Å²) in [7, 11) is 1.62. The second-order valence-corrected chi connectivity index (χ2v) is 2.94. The van der Waals surface area contributed by atoms with E-state index in [9.17, 15) is 0 Å². The third-order valence-corrected chi connectivity index (χ3v) is 2.02. The summed E-state index contributed by atoms with van der Waals surface area (Å²) in [5.41, 5.74) is 0.0231. The number of rotatable bonds is 3. The molecule has 52 valence electrons. The summed E-state index contributed by atoms with van der Waals surface area (Å²) in [5.74, 6) is 0.402. The summed E-state index contributed by atoms with van der Waals surface area (Å²) < 4.78 is 4.99. The number of thiocyanates is 1. The molecule has 1 unspecified atom stereocenters. The van der Waals surface area contributed by atoms with E-state index in [0.29, 0.717) is 5.92 Å². The van der Waals surface area contributed by atoms with Crippen molar-refractivity contribution >= 4 is 11.8 Å². The molecule has 0 aromatic carbocycles. The summed E-state index contributed by atoms with van der Waals surface area (Å²) in [4.78, 5) is 0.